The fourth-order valence-corrected chi connectivity index (χ4v) is 3.66. The molecular formula is C17H31NO2. The number of esters is 1. The molecule has 1 aliphatic carbocycles. The molecule has 0 aromatic rings. The maximum absolute atomic E-state index is 12.0. The van der Waals surface area contributed by atoms with Gasteiger partial charge in [-0.15, -0.1) is 0 Å². The molecule has 20 heavy (non-hydrogen) atoms. The van der Waals surface area contributed by atoms with Gasteiger partial charge < -0.3 is 10.1 Å². The average Bonchev–Trinajstić information content (AvgIpc) is 2.90. The van der Waals surface area contributed by atoms with Gasteiger partial charge in [-0.3, -0.25) is 4.79 Å². The van der Waals surface area contributed by atoms with Crippen molar-refractivity contribution in [2.75, 3.05) is 6.61 Å². The molecule has 3 nitrogen and oxygen atoms in total. The number of carbonyl (C=O) groups is 1. The topological polar surface area (TPSA) is 38.3 Å². The number of carbonyl (C=O) groups excluding carboxylic acids is 1. The zero-order valence-electron chi connectivity index (χ0n) is 13.0. The summed E-state index contributed by atoms with van der Waals surface area (Å²) in [7, 11) is 0. The number of unbranched alkanes of at least 4 members (excludes halogenated alkanes) is 5. The monoisotopic (exact) mass is 281 g/mol. The quantitative estimate of drug-likeness (QED) is 0.543. The van der Waals surface area contributed by atoms with Crippen LogP contribution in [0.15, 0.2) is 0 Å². The van der Waals surface area contributed by atoms with E-state index < -0.39 is 0 Å². The van der Waals surface area contributed by atoms with Crippen LogP contribution < -0.4 is 5.32 Å². The Morgan fingerprint density at radius 3 is 2.65 bits per heavy atom. The van der Waals surface area contributed by atoms with Gasteiger partial charge in [0.1, 0.15) is 6.04 Å². The van der Waals surface area contributed by atoms with Gasteiger partial charge in [-0.2, -0.15) is 0 Å². The maximum atomic E-state index is 12.0. The zero-order valence-corrected chi connectivity index (χ0v) is 13.0. The molecular weight excluding hydrogens is 250 g/mol. The molecule has 1 saturated heterocycles. The highest BCUT2D eigenvalue weighted by atomic mass is 16.5. The molecule has 0 radical (unpaired) electrons. The smallest absolute Gasteiger partial charge is 0.323 e. The molecule has 0 spiro atoms. The molecule has 3 heteroatoms. The van der Waals surface area contributed by atoms with Crippen molar-refractivity contribution >= 4 is 5.97 Å². The van der Waals surface area contributed by atoms with Crippen molar-refractivity contribution in [1.29, 1.82) is 0 Å². The van der Waals surface area contributed by atoms with E-state index >= 15 is 0 Å². The van der Waals surface area contributed by atoms with Crippen molar-refractivity contribution < 1.29 is 9.53 Å². The van der Waals surface area contributed by atoms with Gasteiger partial charge in [0.2, 0.25) is 0 Å². The van der Waals surface area contributed by atoms with Crippen LogP contribution in [0.4, 0.5) is 0 Å². The Kier molecular flexibility index (Phi) is 6.85. The SMILES string of the molecule is CCCCCCCCOC(=O)C1CC2CCCCC2N1. The van der Waals surface area contributed by atoms with Crippen molar-refractivity contribution in [3.05, 3.63) is 0 Å². The van der Waals surface area contributed by atoms with Crippen molar-refractivity contribution in [3.63, 3.8) is 0 Å². The van der Waals surface area contributed by atoms with Crippen LogP contribution >= 0.6 is 0 Å². The van der Waals surface area contributed by atoms with Crippen LogP contribution in [-0.4, -0.2) is 24.7 Å². The normalized spacial score (nSPS) is 29.1. The van der Waals surface area contributed by atoms with Crippen LogP contribution in [0.2, 0.25) is 0 Å². The first-order valence-electron chi connectivity index (χ1n) is 8.74. The van der Waals surface area contributed by atoms with E-state index in [-0.39, 0.29) is 12.0 Å². The van der Waals surface area contributed by atoms with Crippen LogP contribution in [0.25, 0.3) is 0 Å². The average molecular weight is 281 g/mol. The molecule has 1 aliphatic heterocycles. The molecule has 0 bridgehead atoms. The lowest BCUT2D eigenvalue weighted by molar-refractivity contribution is -0.146. The van der Waals surface area contributed by atoms with Gasteiger partial charge in [-0.05, 0) is 31.6 Å². The van der Waals surface area contributed by atoms with Crippen LogP contribution in [-0.2, 0) is 9.53 Å². The van der Waals surface area contributed by atoms with E-state index in [1.54, 1.807) is 0 Å². The predicted octanol–water partition coefficient (Wildman–Crippen LogP) is 3.81. The highest BCUT2D eigenvalue weighted by molar-refractivity contribution is 5.76. The highest BCUT2D eigenvalue weighted by Crippen LogP contribution is 2.33. The van der Waals surface area contributed by atoms with Crippen LogP contribution in [0.3, 0.4) is 0 Å². The molecule has 0 aromatic carbocycles. The number of nitrogens with one attached hydrogen (secondary N) is 1. The van der Waals surface area contributed by atoms with Crippen molar-refractivity contribution in [2.24, 2.45) is 5.92 Å². The Labute approximate surface area is 123 Å². The van der Waals surface area contributed by atoms with Gasteiger partial charge in [-0.25, -0.2) is 0 Å². The van der Waals surface area contributed by atoms with Gasteiger partial charge in [-0.1, -0.05) is 51.9 Å². The summed E-state index contributed by atoms with van der Waals surface area (Å²) in [6.07, 6.45) is 13.6. The Hall–Kier alpha value is -0.570. The van der Waals surface area contributed by atoms with E-state index in [2.05, 4.69) is 12.2 Å². The Balaban J connectivity index is 1.54. The van der Waals surface area contributed by atoms with E-state index in [0.717, 1.165) is 18.8 Å². The molecule has 2 fully saturated rings. The molecule has 3 unspecified atom stereocenters. The largest absolute Gasteiger partial charge is 0.465 e. The molecule has 1 heterocycles. The first-order valence-corrected chi connectivity index (χ1v) is 8.74. The van der Waals surface area contributed by atoms with Crippen molar-refractivity contribution in [1.82, 2.24) is 5.32 Å². The molecule has 2 rings (SSSR count). The minimum atomic E-state index is -0.0248. The summed E-state index contributed by atoms with van der Waals surface area (Å²) in [5, 5.41) is 3.49. The molecule has 0 aromatic heterocycles. The van der Waals surface area contributed by atoms with Gasteiger partial charge >= 0.3 is 5.97 Å². The highest BCUT2D eigenvalue weighted by Gasteiger charge is 2.38. The molecule has 2 aliphatic rings. The fraction of sp³-hybridized carbons (Fsp3) is 0.941. The van der Waals surface area contributed by atoms with Crippen molar-refractivity contribution in [2.45, 2.75) is 89.6 Å². The van der Waals surface area contributed by atoms with E-state index in [0.29, 0.717) is 12.6 Å². The molecule has 0 amide bonds. The lowest BCUT2D eigenvalue weighted by Gasteiger charge is -2.24. The Morgan fingerprint density at radius 1 is 1.10 bits per heavy atom. The lowest BCUT2D eigenvalue weighted by atomic mass is 9.85. The minimum absolute atomic E-state index is 0.00652. The summed E-state index contributed by atoms with van der Waals surface area (Å²) in [4.78, 5) is 12.0. The third kappa shape index (κ3) is 4.76. The summed E-state index contributed by atoms with van der Waals surface area (Å²) in [5.74, 6) is 0.711. The Morgan fingerprint density at radius 2 is 1.85 bits per heavy atom. The summed E-state index contributed by atoms with van der Waals surface area (Å²) in [6.45, 7) is 2.84. The number of rotatable bonds is 8. The summed E-state index contributed by atoms with van der Waals surface area (Å²) < 4.78 is 5.44. The first-order chi connectivity index (χ1) is 9.81. The first kappa shape index (κ1) is 15.8. The number of fused-ring (bicyclic) bond motifs is 1. The van der Waals surface area contributed by atoms with E-state index in [1.807, 2.05) is 0 Å². The number of hydrogen-bond acceptors (Lipinski definition) is 3. The second-order valence-electron chi connectivity index (χ2n) is 6.54. The van der Waals surface area contributed by atoms with Crippen LogP contribution in [0.5, 0.6) is 0 Å². The summed E-state index contributed by atoms with van der Waals surface area (Å²) >= 11 is 0. The third-order valence-electron chi connectivity index (χ3n) is 4.89. The maximum Gasteiger partial charge on any atom is 0.323 e. The fourth-order valence-electron chi connectivity index (χ4n) is 3.66. The summed E-state index contributed by atoms with van der Waals surface area (Å²) in [5.41, 5.74) is 0. The molecule has 1 saturated carbocycles. The molecule has 116 valence electrons. The standard InChI is InChI=1S/C17H31NO2/c1-2-3-4-5-6-9-12-20-17(19)16-13-14-10-7-8-11-15(14)18-16/h14-16,18H,2-13H2,1H3. The second-order valence-corrected chi connectivity index (χ2v) is 6.54. The van der Waals surface area contributed by atoms with E-state index in [4.69, 9.17) is 4.74 Å². The van der Waals surface area contributed by atoms with Gasteiger partial charge in [0, 0.05) is 6.04 Å². The zero-order chi connectivity index (χ0) is 14.2. The number of hydrogen-bond donors (Lipinski definition) is 1. The second kappa shape index (κ2) is 8.66. The summed E-state index contributed by atoms with van der Waals surface area (Å²) in [6, 6.07) is 0.554. The third-order valence-corrected chi connectivity index (χ3v) is 4.89. The van der Waals surface area contributed by atoms with Gasteiger partial charge in [0.15, 0.2) is 0 Å². The van der Waals surface area contributed by atoms with E-state index in [9.17, 15) is 4.79 Å². The number of ether oxygens (including phenoxy) is 1. The van der Waals surface area contributed by atoms with Crippen molar-refractivity contribution in [3.8, 4) is 0 Å². The minimum Gasteiger partial charge on any atom is -0.465 e. The van der Waals surface area contributed by atoms with E-state index in [1.165, 1.54) is 57.8 Å². The van der Waals surface area contributed by atoms with Gasteiger partial charge in [0.05, 0.1) is 6.61 Å². The Bertz CT molecular complexity index is 279. The molecule has 1 N–H and O–H groups in total. The predicted molar refractivity (Wildman–Crippen MR) is 81.6 cm³/mol. The lowest BCUT2D eigenvalue weighted by Crippen LogP contribution is -2.38. The van der Waals surface area contributed by atoms with Crippen LogP contribution in [0, 0.1) is 5.92 Å². The molecule has 3 atom stereocenters. The van der Waals surface area contributed by atoms with Crippen LogP contribution in [0.1, 0.15) is 77.6 Å². The van der Waals surface area contributed by atoms with Gasteiger partial charge in [0.25, 0.3) is 0 Å².